The normalized spacial score (nSPS) is 40.9. The van der Waals surface area contributed by atoms with E-state index in [1.54, 1.807) is 0 Å². The van der Waals surface area contributed by atoms with E-state index in [2.05, 4.69) is 47.2 Å². The number of nitrogens with zero attached hydrogens (tertiary/aromatic N) is 1. The van der Waals surface area contributed by atoms with Crippen molar-refractivity contribution in [2.24, 2.45) is 29.6 Å². The molecule has 3 heterocycles. The molecule has 0 radical (unpaired) electrons. The Hall–Kier alpha value is -1.23. The Morgan fingerprint density at radius 1 is 1.14 bits per heavy atom. The Labute approximate surface area is 210 Å². The average molecular weight is 512 g/mol. The Morgan fingerprint density at radius 2 is 1.83 bits per heavy atom. The number of amides is 2. The van der Waals surface area contributed by atoms with E-state index in [4.69, 9.17) is 0 Å². The van der Waals surface area contributed by atoms with Crippen LogP contribution in [0, 0.1) is 29.6 Å². The van der Waals surface area contributed by atoms with E-state index in [0.29, 0.717) is 25.3 Å². The van der Waals surface area contributed by atoms with Gasteiger partial charge >= 0.3 is 0 Å². The van der Waals surface area contributed by atoms with Gasteiger partial charge in [-0.1, -0.05) is 6.92 Å². The van der Waals surface area contributed by atoms with E-state index in [1.165, 1.54) is 6.26 Å². The fourth-order valence-corrected chi connectivity index (χ4v) is 8.14. The van der Waals surface area contributed by atoms with Crippen molar-refractivity contribution < 1.29 is 18.0 Å². The highest BCUT2D eigenvalue weighted by molar-refractivity contribution is 7.91. The van der Waals surface area contributed by atoms with Crippen molar-refractivity contribution in [1.29, 1.82) is 0 Å². The second-order valence-corrected chi connectivity index (χ2v) is 14.3. The molecule has 4 aliphatic rings. The summed E-state index contributed by atoms with van der Waals surface area (Å²) in [4.78, 5) is 26.1. The highest BCUT2D eigenvalue weighted by atomic mass is 32.2. The quantitative estimate of drug-likeness (QED) is 0.420. The monoisotopic (exact) mass is 511 g/mol. The summed E-state index contributed by atoms with van der Waals surface area (Å²) < 4.78 is 24.1. The Kier molecular flexibility index (Phi) is 8.15. The van der Waals surface area contributed by atoms with E-state index in [-0.39, 0.29) is 65.0 Å². The van der Waals surface area contributed by atoms with Gasteiger partial charge in [0.05, 0.1) is 17.3 Å². The van der Waals surface area contributed by atoms with Gasteiger partial charge in [-0.05, 0) is 71.1 Å². The van der Waals surface area contributed by atoms with Gasteiger partial charge in [-0.2, -0.15) is 0 Å². The summed E-state index contributed by atoms with van der Waals surface area (Å²) in [5, 5.41) is 12.0. The second kappa shape index (κ2) is 10.6. The zero-order chi connectivity index (χ0) is 25.5. The van der Waals surface area contributed by atoms with Gasteiger partial charge in [-0.25, -0.2) is 13.4 Å². The third-order valence-electron chi connectivity index (χ3n) is 9.04. The number of nitrogens with one attached hydrogen (secondary N) is 4. The molecule has 35 heavy (non-hydrogen) atoms. The van der Waals surface area contributed by atoms with Crippen LogP contribution < -0.4 is 21.4 Å². The number of hydrogen-bond acceptors (Lipinski definition) is 7. The van der Waals surface area contributed by atoms with Crippen LogP contribution in [0.25, 0.3) is 0 Å². The number of hydrazine groups is 1. The lowest BCUT2D eigenvalue weighted by molar-refractivity contribution is -0.132. The molecule has 7 unspecified atom stereocenters. The van der Waals surface area contributed by atoms with Crippen molar-refractivity contribution in [1.82, 2.24) is 26.4 Å². The minimum atomic E-state index is -3.00. The van der Waals surface area contributed by atoms with Gasteiger partial charge in [0.2, 0.25) is 11.8 Å². The van der Waals surface area contributed by atoms with Gasteiger partial charge in [-0.3, -0.25) is 20.3 Å². The molecule has 1 aliphatic carbocycles. The number of hydrogen-bond donors (Lipinski definition) is 4. The van der Waals surface area contributed by atoms with Crippen LogP contribution in [-0.2, 0) is 19.4 Å². The molecule has 1 saturated carbocycles. The molecule has 0 bridgehead atoms. The number of piperidine rings is 2. The Bertz CT molecular complexity index is 888. The number of rotatable bonds is 6. The van der Waals surface area contributed by atoms with E-state index < -0.39 is 9.84 Å². The van der Waals surface area contributed by atoms with Gasteiger partial charge in [0.1, 0.15) is 9.84 Å². The molecule has 0 aromatic carbocycles. The van der Waals surface area contributed by atoms with Crippen molar-refractivity contribution in [2.75, 3.05) is 19.3 Å². The molecule has 3 saturated heterocycles. The zero-order valence-corrected chi connectivity index (χ0v) is 22.7. The molecular formula is C25H45N5O4S. The molecule has 0 spiro atoms. The number of sulfone groups is 1. The van der Waals surface area contributed by atoms with Crippen molar-refractivity contribution >= 4 is 21.7 Å². The first-order valence-corrected chi connectivity index (χ1v) is 15.5. The molecule has 2 amide bonds. The maximum absolute atomic E-state index is 13.6. The molecular weight excluding hydrogens is 466 g/mol. The van der Waals surface area contributed by atoms with Crippen LogP contribution in [0.2, 0.25) is 0 Å². The summed E-state index contributed by atoms with van der Waals surface area (Å²) in [7, 11) is -3.00. The highest BCUT2D eigenvalue weighted by Crippen LogP contribution is 2.39. The standard InChI is InChI=1S/C25H45N5O4S/c1-14(2)30-23-21(13-27-30)19(24(31)26-12-20-15(3)10-16(4)28-25(20)32)11-22(29-23)17-6-8-18(9-7-17)35(5,33)34/h14-23,27,29H,6-13H2,1-5H3,(H,26,31)(H,28,32). The van der Waals surface area contributed by atoms with Crippen LogP contribution in [0.15, 0.2) is 0 Å². The summed E-state index contributed by atoms with van der Waals surface area (Å²) in [5.74, 6) is 0.501. The fourth-order valence-electron chi connectivity index (χ4n) is 7.01. The Morgan fingerprint density at radius 3 is 2.43 bits per heavy atom. The summed E-state index contributed by atoms with van der Waals surface area (Å²) in [6.07, 6.45) is 6.23. The minimum absolute atomic E-state index is 0.0359. The third kappa shape index (κ3) is 5.86. The summed E-state index contributed by atoms with van der Waals surface area (Å²) in [5.41, 5.74) is 3.51. The van der Waals surface area contributed by atoms with Crippen LogP contribution in [0.1, 0.15) is 66.2 Å². The summed E-state index contributed by atoms with van der Waals surface area (Å²) in [6, 6.07) is 0.640. The Balaban J connectivity index is 1.44. The predicted octanol–water partition coefficient (Wildman–Crippen LogP) is 1.02. The van der Waals surface area contributed by atoms with Gasteiger partial charge in [0.15, 0.2) is 0 Å². The van der Waals surface area contributed by atoms with Gasteiger partial charge in [-0.15, -0.1) is 0 Å². The highest BCUT2D eigenvalue weighted by Gasteiger charge is 2.49. The molecule has 200 valence electrons. The van der Waals surface area contributed by atoms with Gasteiger partial charge < -0.3 is 10.6 Å². The van der Waals surface area contributed by atoms with Crippen LogP contribution in [0.3, 0.4) is 0 Å². The summed E-state index contributed by atoms with van der Waals surface area (Å²) in [6.45, 7) is 9.55. The largest absolute Gasteiger partial charge is 0.355 e. The second-order valence-electron chi connectivity index (χ2n) is 11.9. The maximum atomic E-state index is 13.6. The van der Waals surface area contributed by atoms with E-state index in [1.807, 2.05) is 6.92 Å². The van der Waals surface area contributed by atoms with Crippen LogP contribution in [0.5, 0.6) is 0 Å². The lowest BCUT2D eigenvalue weighted by Gasteiger charge is -2.45. The van der Waals surface area contributed by atoms with E-state index in [9.17, 15) is 18.0 Å². The molecule has 4 rings (SSSR count). The number of carbonyl (C=O) groups excluding carboxylic acids is 2. The third-order valence-corrected chi connectivity index (χ3v) is 10.7. The fraction of sp³-hybridized carbons (Fsp3) is 0.920. The van der Waals surface area contributed by atoms with Crippen molar-refractivity contribution in [3.8, 4) is 0 Å². The lowest BCUT2D eigenvalue weighted by atomic mass is 9.73. The van der Waals surface area contributed by atoms with Crippen LogP contribution >= 0.6 is 0 Å². The SMILES string of the molecule is CC1CC(C)C(CNC(=O)C2CC(C3CCC(S(C)(=O)=O)CC3)NC3C2CNN3C(C)C)C(=O)N1. The van der Waals surface area contributed by atoms with Crippen molar-refractivity contribution in [3.63, 3.8) is 0 Å². The van der Waals surface area contributed by atoms with E-state index in [0.717, 1.165) is 32.2 Å². The zero-order valence-electron chi connectivity index (χ0n) is 21.9. The topological polar surface area (TPSA) is 120 Å². The first-order valence-electron chi connectivity index (χ1n) is 13.5. The molecule has 0 aromatic heterocycles. The molecule has 9 nitrogen and oxygen atoms in total. The van der Waals surface area contributed by atoms with Gasteiger partial charge in [0.25, 0.3) is 0 Å². The molecule has 0 aromatic rings. The summed E-state index contributed by atoms with van der Waals surface area (Å²) >= 11 is 0. The maximum Gasteiger partial charge on any atom is 0.225 e. The lowest BCUT2D eigenvalue weighted by Crippen LogP contribution is -2.62. The number of fused-ring (bicyclic) bond motifs is 1. The van der Waals surface area contributed by atoms with E-state index >= 15 is 0 Å². The molecule has 4 fully saturated rings. The van der Waals surface area contributed by atoms with Crippen LogP contribution in [-0.4, -0.2) is 74.1 Å². The first-order chi connectivity index (χ1) is 16.5. The van der Waals surface area contributed by atoms with Gasteiger partial charge in [0, 0.05) is 49.3 Å². The number of carbonyl (C=O) groups is 2. The minimum Gasteiger partial charge on any atom is -0.355 e. The molecule has 10 heteroatoms. The average Bonchev–Trinajstić information content (AvgIpc) is 3.21. The smallest absolute Gasteiger partial charge is 0.225 e. The molecule has 7 atom stereocenters. The van der Waals surface area contributed by atoms with Crippen molar-refractivity contribution in [3.05, 3.63) is 0 Å². The predicted molar refractivity (Wildman–Crippen MR) is 136 cm³/mol. The van der Waals surface area contributed by atoms with Crippen LogP contribution in [0.4, 0.5) is 0 Å². The first kappa shape index (κ1) is 26.8. The molecule has 4 N–H and O–H groups in total. The van der Waals surface area contributed by atoms with Crippen molar-refractivity contribution in [2.45, 2.75) is 95.8 Å². The molecule has 3 aliphatic heterocycles.